The average Bonchev–Trinajstić information content (AvgIpc) is 3.13. The second kappa shape index (κ2) is 8.31. The van der Waals surface area contributed by atoms with E-state index in [-0.39, 0.29) is 18.3 Å². The van der Waals surface area contributed by atoms with Crippen molar-refractivity contribution in [2.45, 2.75) is 20.1 Å². The molecule has 0 spiro atoms. The number of aromatic nitrogens is 3. The number of hydrogen-bond donors (Lipinski definition) is 0. The number of ketones is 1. The van der Waals surface area contributed by atoms with Gasteiger partial charge in [-0.3, -0.25) is 9.59 Å². The molecular formula is C16H17Cl2N3O4. The Balaban J connectivity index is 2.21. The highest BCUT2D eigenvalue weighted by Crippen LogP contribution is 2.27. The molecule has 0 amide bonds. The molecule has 2 aromatic rings. The van der Waals surface area contributed by atoms with Crippen molar-refractivity contribution < 1.29 is 19.1 Å². The first-order chi connectivity index (χ1) is 11.8. The molecule has 1 atom stereocenters. The van der Waals surface area contributed by atoms with Gasteiger partial charge in [-0.15, -0.1) is 11.6 Å². The molecule has 25 heavy (non-hydrogen) atoms. The van der Waals surface area contributed by atoms with Crippen LogP contribution in [-0.4, -0.2) is 39.0 Å². The Hall–Kier alpha value is -2.12. The van der Waals surface area contributed by atoms with Gasteiger partial charge < -0.3 is 9.47 Å². The van der Waals surface area contributed by atoms with Crippen LogP contribution in [0.25, 0.3) is 0 Å². The first kappa shape index (κ1) is 19.2. The molecule has 0 N–H and O–H groups in total. The van der Waals surface area contributed by atoms with E-state index in [4.69, 9.17) is 32.7 Å². The maximum absolute atomic E-state index is 13.0. The number of ether oxygens (including phenoxy) is 2. The topological polar surface area (TPSA) is 83.3 Å². The quantitative estimate of drug-likeness (QED) is 0.513. The zero-order valence-electron chi connectivity index (χ0n) is 13.7. The second-order valence-corrected chi connectivity index (χ2v) is 6.55. The van der Waals surface area contributed by atoms with Crippen molar-refractivity contribution >= 4 is 35.0 Å². The van der Waals surface area contributed by atoms with Crippen LogP contribution in [0, 0.1) is 5.41 Å². The molecular weight excluding hydrogens is 369 g/mol. The van der Waals surface area contributed by atoms with E-state index >= 15 is 0 Å². The molecule has 1 heterocycles. The van der Waals surface area contributed by atoms with Crippen LogP contribution in [-0.2, 0) is 14.3 Å². The fraction of sp³-hybridized carbons (Fsp3) is 0.375. The SMILES string of the molecule is CC(C)(COC(=O)CCl)C(=O)C(Oc1ccc(Cl)cc1)n1cncn1. The third kappa shape index (κ3) is 5.17. The number of halogens is 2. The van der Waals surface area contributed by atoms with E-state index in [1.165, 1.54) is 17.3 Å². The van der Waals surface area contributed by atoms with Crippen LogP contribution in [0.1, 0.15) is 20.1 Å². The number of hydrogen-bond acceptors (Lipinski definition) is 6. The first-order valence-corrected chi connectivity index (χ1v) is 8.27. The van der Waals surface area contributed by atoms with Crippen molar-refractivity contribution in [3.05, 3.63) is 41.9 Å². The minimum atomic E-state index is -1.08. The maximum Gasteiger partial charge on any atom is 0.320 e. The van der Waals surface area contributed by atoms with Gasteiger partial charge in [-0.1, -0.05) is 11.6 Å². The highest BCUT2D eigenvalue weighted by Gasteiger charge is 2.38. The van der Waals surface area contributed by atoms with E-state index in [0.717, 1.165) is 0 Å². The number of alkyl halides is 1. The van der Waals surface area contributed by atoms with Crippen LogP contribution in [0.5, 0.6) is 5.75 Å². The summed E-state index contributed by atoms with van der Waals surface area (Å²) in [5.41, 5.74) is -1.02. The van der Waals surface area contributed by atoms with Gasteiger partial charge in [0.15, 0.2) is 0 Å². The summed E-state index contributed by atoms with van der Waals surface area (Å²) in [6.45, 7) is 3.16. The summed E-state index contributed by atoms with van der Waals surface area (Å²) in [5, 5.41) is 4.53. The molecule has 0 aliphatic heterocycles. The molecule has 2 rings (SSSR count). The van der Waals surface area contributed by atoms with Crippen molar-refractivity contribution in [3.8, 4) is 5.75 Å². The smallest absolute Gasteiger partial charge is 0.320 e. The number of nitrogens with zero attached hydrogens (tertiary/aromatic N) is 3. The van der Waals surface area contributed by atoms with Crippen LogP contribution in [0.2, 0.25) is 5.02 Å². The van der Waals surface area contributed by atoms with Gasteiger partial charge in [-0.05, 0) is 38.1 Å². The van der Waals surface area contributed by atoms with Gasteiger partial charge >= 0.3 is 5.97 Å². The van der Waals surface area contributed by atoms with Crippen molar-refractivity contribution in [3.63, 3.8) is 0 Å². The van der Waals surface area contributed by atoms with E-state index < -0.39 is 17.6 Å². The predicted octanol–water partition coefficient (Wildman–Crippen LogP) is 2.89. The average molecular weight is 386 g/mol. The van der Waals surface area contributed by atoms with E-state index in [1.54, 1.807) is 38.1 Å². The molecule has 0 bridgehead atoms. The van der Waals surface area contributed by atoms with Crippen LogP contribution >= 0.6 is 23.2 Å². The predicted molar refractivity (Wildman–Crippen MR) is 91.6 cm³/mol. The number of Topliss-reactive ketones (excluding diaryl/α,β-unsaturated/α-hetero) is 1. The van der Waals surface area contributed by atoms with E-state index in [9.17, 15) is 9.59 Å². The van der Waals surface area contributed by atoms with Crippen molar-refractivity contribution in [2.24, 2.45) is 5.41 Å². The molecule has 0 saturated carbocycles. The van der Waals surface area contributed by atoms with Gasteiger partial charge in [-0.2, -0.15) is 5.10 Å². The molecule has 0 radical (unpaired) electrons. The van der Waals surface area contributed by atoms with Gasteiger partial charge in [0, 0.05) is 5.02 Å². The summed E-state index contributed by atoms with van der Waals surface area (Å²) in [6.07, 6.45) is 1.60. The number of rotatable bonds is 8. The monoisotopic (exact) mass is 385 g/mol. The second-order valence-electron chi connectivity index (χ2n) is 5.84. The summed E-state index contributed by atoms with van der Waals surface area (Å²) in [5.74, 6) is -0.779. The van der Waals surface area contributed by atoms with E-state index in [0.29, 0.717) is 10.8 Å². The fourth-order valence-corrected chi connectivity index (χ4v) is 2.12. The molecule has 0 aliphatic rings. The summed E-state index contributed by atoms with van der Waals surface area (Å²) in [7, 11) is 0. The molecule has 1 aromatic carbocycles. The lowest BCUT2D eigenvalue weighted by Gasteiger charge is -2.28. The molecule has 9 heteroatoms. The maximum atomic E-state index is 13.0. The van der Waals surface area contributed by atoms with Crippen molar-refractivity contribution in [2.75, 3.05) is 12.5 Å². The van der Waals surface area contributed by atoms with Crippen LogP contribution in [0.4, 0.5) is 0 Å². The van der Waals surface area contributed by atoms with Gasteiger partial charge in [-0.25, -0.2) is 9.67 Å². The van der Waals surface area contributed by atoms with Crippen LogP contribution < -0.4 is 4.74 Å². The van der Waals surface area contributed by atoms with Gasteiger partial charge in [0.2, 0.25) is 5.78 Å². The third-order valence-electron chi connectivity index (χ3n) is 3.33. The Morgan fingerprint density at radius 3 is 2.52 bits per heavy atom. The van der Waals surface area contributed by atoms with Gasteiger partial charge in [0.05, 0.1) is 5.41 Å². The third-order valence-corrected chi connectivity index (χ3v) is 3.80. The summed E-state index contributed by atoms with van der Waals surface area (Å²) < 4.78 is 12.1. The normalized spacial score (nSPS) is 12.5. The van der Waals surface area contributed by atoms with Gasteiger partial charge in [0.1, 0.15) is 30.9 Å². The minimum Gasteiger partial charge on any atom is -0.464 e. The highest BCUT2D eigenvalue weighted by atomic mass is 35.5. The van der Waals surface area contributed by atoms with Crippen LogP contribution in [0.15, 0.2) is 36.9 Å². The molecule has 1 aromatic heterocycles. The fourth-order valence-electron chi connectivity index (χ4n) is 1.91. The molecule has 7 nitrogen and oxygen atoms in total. The van der Waals surface area contributed by atoms with Gasteiger partial charge in [0.25, 0.3) is 6.23 Å². The Kier molecular flexibility index (Phi) is 6.39. The summed E-state index contributed by atoms with van der Waals surface area (Å²) in [6, 6.07) is 6.57. The molecule has 0 saturated heterocycles. The van der Waals surface area contributed by atoms with Crippen molar-refractivity contribution in [1.82, 2.24) is 14.8 Å². The zero-order valence-corrected chi connectivity index (χ0v) is 15.2. The number of benzene rings is 1. The minimum absolute atomic E-state index is 0.132. The highest BCUT2D eigenvalue weighted by molar-refractivity contribution is 6.30. The number of carbonyl (C=O) groups excluding carboxylic acids is 2. The van der Waals surface area contributed by atoms with E-state index in [2.05, 4.69) is 10.1 Å². The zero-order chi connectivity index (χ0) is 18.4. The molecule has 134 valence electrons. The van der Waals surface area contributed by atoms with Crippen LogP contribution in [0.3, 0.4) is 0 Å². The standard InChI is InChI=1S/C16H17Cl2N3O4/c1-16(2,8-24-13(22)7-17)14(23)15(21-10-19-9-20-21)25-12-5-3-11(18)4-6-12/h3-6,9-10,15H,7-8H2,1-2H3. The lowest BCUT2D eigenvalue weighted by Crippen LogP contribution is -2.39. The first-order valence-electron chi connectivity index (χ1n) is 7.36. The Labute approximate surface area is 154 Å². The lowest BCUT2D eigenvalue weighted by atomic mass is 9.88. The van der Waals surface area contributed by atoms with E-state index in [1.807, 2.05) is 0 Å². The summed E-state index contributed by atoms with van der Waals surface area (Å²) in [4.78, 5) is 28.1. The molecule has 0 fully saturated rings. The van der Waals surface area contributed by atoms with Crippen molar-refractivity contribution in [1.29, 1.82) is 0 Å². The Morgan fingerprint density at radius 1 is 1.28 bits per heavy atom. The largest absolute Gasteiger partial charge is 0.464 e. The Bertz CT molecular complexity index is 717. The summed E-state index contributed by atoms with van der Waals surface area (Å²) >= 11 is 11.3. The lowest BCUT2D eigenvalue weighted by molar-refractivity contribution is -0.150. The molecule has 0 aliphatic carbocycles. The Morgan fingerprint density at radius 2 is 1.96 bits per heavy atom. The number of esters is 1. The molecule has 1 unspecified atom stereocenters. The number of carbonyl (C=O) groups is 2.